The Morgan fingerprint density at radius 1 is 1.41 bits per heavy atom. The quantitative estimate of drug-likeness (QED) is 0.906. The number of fused-ring (bicyclic) bond motifs is 1. The molecule has 1 aromatic heterocycles. The molecule has 1 atom stereocenters. The molecule has 0 bridgehead atoms. The lowest BCUT2D eigenvalue weighted by Gasteiger charge is -2.22. The molecule has 1 aliphatic rings. The lowest BCUT2D eigenvalue weighted by molar-refractivity contribution is 0.0699. The first-order valence-electron chi connectivity index (χ1n) is 6.07. The maximum atomic E-state index is 5.45. The molecule has 4 heteroatoms. The summed E-state index contributed by atoms with van der Waals surface area (Å²) in [5, 5.41) is 4.69. The fourth-order valence-corrected chi connectivity index (χ4v) is 3.05. The van der Waals surface area contributed by atoms with Gasteiger partial charge in [0.1, 0.15) is 5.01 Å². The Labute approximate surface area is 105 Å². The highest BCUT2D eigenvalue weighted by Gasteiger charge is 2.13. The number of para-hydroxylation sites is 1. The van der Waals surface area contributed by atoms with E-state index in [2.05, 4.69) is 28.5 Å². The first-order valence-corrected chi connectivity index (χ1v) is 6.89. The normalized spacial score (nSPS) is 20.8. The summed E-state index contributed by atoms with van der Waals surface area (Å²) in [6.45, 7) is 2.61. The molecule has 17 heavy (non-hydrogen) atoms. The van der Waals surface area contributed by atoms with Gasteiger partial charge in [-0.2, -0.15) is 0 Å². The lowest BCUT2D eigenvalue weighted by Crippen LogP contribution is -2.36. The minimum absolute atomic E-state index is 0.496. The molecular weight excluding hydrogens is 232 g/mol. The standard InChI is InChI=1S/C13H16N2OS/c1-2-6-12-11(5-1)15-13(17-12)8-14-10-4-3-7-16-9-10/h1-2,5-6,10,14H,3-4,7-9H2. The van der Waals surface area contributed by atoms with Gasteiger partial charge in [-0.1, -0.05) is 12.1 Å². The maximum absolute atomic E-state index is 5.45. The molecule has 0 amide bonds. The molecule has 3 rings (SSSR count). The predicted octanol–water partition coefficient (Wildman–Crippen LogP) is 2.56. The monoisotopic (exact) mass is 248 g/mol. The summed E-state index contributed by atoms with van der Waals surface area (Å²) in [4.78, 5) is 4.61. The zero-order chi connectivity index (χ0) is 11.5. The van der Waals surface area contributed by atoms with E-state index >= 15 is 0 Å². The van der Waals surface area contributed by atoms with Crippen molar-refractivity contribution in [2.24, 2.45) is 0 Å². The first kappa shape index (κ1) is 11.1. The Kier molecular flexibility index (Phi) is 3.36. The van der Waals surface area contributed by atoms with E-state index in [1.165, 1.54) is 11.1 Å². The fraction of sp³-hybridized carbons (Fsp3) is 0.462. The first-order chi connectivity index (χ1) is 8.42. The number of aromatic nitrogens is 1. The van der Waals surface area contributed by atoms with Crippen LogP contribution in [0, 0.1) is 0 Å². The zero-order valence-electron chi connectivity index (χ0n) is 9.69. The van der Waals surface area contributed by atoms with E-state index in [4.69, 9.17) is 4.74 Å². The van der Waals surface area contributed by atoms with Crippen molar-refractivity contribution in [2.45, 2.75) is 25.4 Å². The number of hydrogen-bond acceptors (Lipinski definition) is 4. The van der Waals surface area contributed by atoms with Crippen molar-refractivity contribution in [2.75, 3.05) is 13.2 Å². The van der Waals surface area contributed by atoms with Crippen LogP contribution in [0.5, 0.6) is 0 Å². The van der Waals surface area contributed by atoms with Gasteiger partial charge in [0, 0.05) is 19.2 Å². The number of ether oxygens (including phenoxy) is 1. The van der Waals surface area contributed by atoms with Gasteiger partial charge in [0.25, 0.3) is 0 Å². The van der Waals surface area contributed by atoms with E-state index in [0.717, 1.165) is 36.7 Å². The molecule has 0 aliphatic carbocycles. The average Bonchev–Trinajstić information content (AvgIpc) is 2.80. The minimum Gasteiger partial charge on any atom is -0.380 e. The van der Waals surface area contributed by atoms with Crippen LogP contribution >= 0.6 is 11.3 Å². The van der Waals surface area contributed by atoms with Crippen molar-refractivity contribution < 1.29 is 4.74 Å². The van der Waals surface area contributed by atoms with Crippen LogP contribution in [-0.2, 0) is 11.3 Å². The molecule has 1 aromatic carbocycles. The number of thiazole rings is 1. The molecule has 1 aliphatic heterocycles. The fourth-order valence-electron chi connectivity index (χ4n) is 2.13. The van der Waals surface area contributed by atoms with E-state index < -0.39 is 0 Å². The number of hydrogen-bond donors (Lipinski definition) is 1. The summed E-state index contributed by atoms with van der Waals surface area (Å²) in [6, 6.07) is 8.79. The Morgan fingerprint density at radius 3 is 3.18 bits per heavy atom. The summed E-state index contributed by atoms with van der Waals surface area (Å²) in [5.41, 5.74) is 1.11. The predicted molar refractivity (Wildman–Crippen MR) is 70.3 cm³/mol. The largest absolute Gasteiger partial charge is 0.380 e. The molecule has 0 radical (unpaired) electrons. The Morgan fingerprint density at radius 2 is 2.35 bits per heavy atom. The van der Waals surface area contributed by atoms with E-state index in [1.54, 1.807) is 11.3 Å². The number of nitrogens with zero attached hydrogens (tertiary/aromatic N) is 1. The van der Waals surface area contributed by atoms with Crippen LogP contribution < -0.4 is 5.32 Å². The summed E-state index contributed by atoms with van der Waals surface area (Å²) in [5.74, 6) is 0. The number of nitrogens with one attached hydrogen (secondary N) is 1. The molecule has 1 fully saturated rings. The number of benzene rings is 1. The third kappa shape index (κ3) is 2.65. The molecule has 0 saturated carbocycles. The number of rotatable bonds is 3. The summed E-state index contributed by atoms with van der Waals surface area (Å²) in [6.07, 6.45) is 2.38. The van der Waals surface area contributed by atoms with Crippen molar-refractivity contribution in [1.29, 1.82) is 0 Å². The van der Waals surface area contributed by atoms with Crippen LogP contribution in [0.3, 0.4) is 0 Å². The van der Waals surface area contributed by atoms with Gasteiger partial charge in [0.05, 0.1) is 16.8 Å². The van der Waals surface area contributed by atoms with E-state index in [9.17, 15) is 0 Å². The maximum Gasteiger partial charge on any atom is 0.108 e. The zero-order valence-corrected chi connectivity index (χ0v) is 10.5. The van der Waals surface area contributed by atoms with Crippen molar-refractivity contribution in [3.05, 3.63) is 29.3 Å². The van der Waals surface area contributed by atoms with Crippen LogP contribution in [0.4, 0.5) is 0 Å². The van der Waals surface area contributed by atoms with E-state index in [1.807, 2.05) is 6.07 Å². The summed E-state index contributed by atoms with van der Waals surface area (Å²) < 4.78 is 6.72. The average molecular weight is 248 g/mol. The highest BCUT2D eigenvalue weighted by Crippen LogP contribution is 2.21. The molecule has 0 spiro atoms. The molecule has 1 N–H and O–H groups in total. The van der Waals surface area contributed by atoms with Crippen LogP contribution in [0.15, 0.2) is 24.3 Å². The Hall–Kier alpha value is -0.970. The molecular formula is C13H16N2OS. The summed E-state index contributed by atoms with van der Waals surface area (Å²) >= 11 is 1.77. The third-order valence-electron chi connectivity index (χ3n) is 3.04. The van der Waals surface area contributed by atoms with Crippen molar-refractivity contribution >= 4 is 21.6 Å². The van der Waals surface area contributed by atoms with Gasteiger partial charge >= 0.3 is 0 Å². The van der Waals surface area contributed by atoms with Gasteiger partial charge in [-0.3, -0.25) is 0 Å². The van der Waals surface area contributed by atoms with Crippen LogP contribution in [-0.4, -0.2) is 24.2 Å². The Bertz CT molecular complexity index is 458. The van der Waals surface area contributed by atoms with Crippen molar-refractivity contribution in [3.63, 3.8) is 0 Å². The lowest BCUT2D eigenvalue weighted by atomic mass is 10.1. The minimum atomic E-state index is 0.496. The van der Waals surface area contributed by atoms with Gasteiger partial charge in [-0.15, -0.1) is 11.3 Å². The second-order valence-corrected chi connectivity index (χ2v) is 5.49. The smallest absolute Gasteiger partial charge is 0.108 e. The Balaban J connectivity index is 1.64. The van der Waals surface area contributed by atoms with Gasteiger partial charge in [0.15, 0.2) is 0 Å². The van der Waals surface area contributed by atoms with Gasteiger partial charge in [-0.25, -0.2) is 4.98 Å². The highest BCUT2D eigenvalue weighted by atomic mass is 32.1. The third-order valence-corrected chi connectivity index (χ3v) is 4.08. The molecule has 90 valence electrons. The molecule has 1 unspecified atom stereocenters. The molecule has 1 saturated heterocycles. The van der Waals surface area contributed by atoms with Crippen LogP contribution in [0.2, 0.25) is 0 Å². The van der Waals surface area contributed by atoms with Gasteiger partial charge in [-0.05, 0) is 25.0 Å². The van der Waals surface area contributed by atoms with Crippen LogP contribution in [0.25, 0.3) is 10.2 Å². The summed E-state index contributed by atoms with van der Waals surface area (Å²) in [7, 11) is 0. The molecule has 2 aromatic rings. The van der Waals surface area contributed by atoms with E-state index in [0.29, 0.717) is 6.04 Å². The van der Waals surface area contributed by atoms with Gasteiger partial charge < -0.3 is 10.1 Å². The molecule has 3 nitrogen and oxygen atoms in total. The van der Waals surface area contributed by atoms with Crippen molar-refractivity contribution in [3.8, 4) is 0 Å². The van der Waals surface area contributed by atoms with Crippen molar-refractivity contribution in [1.82, 2.24) is 10.3 Å². The second-order valence-electron chi connectivity index (χ2n) is 4.37. The van der Waals surface area contributed by atoms with E-state index in [-0.39, 0.29) is 0 Å². The second kappa shape index (κ2) is 5.12. The molecule has 2 heterocycles. The van der Waals surface area contributed by atoms with Gasteiger partial charge in [0.2, 0.25) is 0 Å². The highest BCUT2D eigenvalue weighted by molar-refractivity contribution is 7.18. The topological polar surface area (TPSA) is 34.1 Å². The van der Waals surface area contributed by atoms with Crippen LogP contribution in [0.1, 0.15) is 17.8 Å². The SMILES string of the molecule is c1ccc2sc(CNC3CCCOC3)nc2c1.